The monoisotopic (exact) mass is 492 g/mol. The van der Waals surface area contributed by atoms with E-state index in [0.29, 0.717) is 24.4 Å². The Labute approximate surface area is 207 Å². The van der Waals surface area contributed by atoms with Crippen molar-refractivity contribution in [3.8, 4) is 11.4 Å². The number of hydrogen-bond acceptors (Lipinski definition) is 6. The lowest BCUT2D eigenvalue weighted by atomic mass is 10.1. The van der Waals surface area contributed by atoms with Gasteiger partial charge >= 0.3 is 0 Å². The molecule has 0 bridgehead atoms. The van der Waals surface area contributed by atoms with E-state index in [2.05, 4.69) is 54.4 Å². The van der Waals surface area contributed by atoms with Crippen molar-refractivity contribution in [2.75, 3.05) is 31.1 Å². The second-order valence-corrected chi connectivity index (χ2v) is 8.75. The number of aromatic nitrogens is 4. The van der Waals surface area contributed by atoms with E-state index in [1.165, 1.54) is 18.0 Å². The van der Waals surface area contributed by atoms with Crippen LogP contribution < -0.4 is 10.2 Å². The third kappa shape index (κ3) is 5.61. The lowest BCUT2D eigenvalue weighted by molar-refractivity contribution is 0.585. The molecule has 0 unspecified atom stereocenters. The Kier molecular flexibility index (Phi) is 6.92. The van der Waals surface area contributed by atoms with E-state index < -0.39 is 11.6 Å². The summed E-state index contributed by atoms with van der Waals surface area (Å²) in [6, 6.07) is 14.0. The molecule has 1 fully saturated rings. The molecular formula is C26H23ClF2N6. The highest BCUT2D eigenvalue weighted by Crippen LogP contribution is 2.26. The standard InChI is InChI=1S/C26H23ClF2N6/c27-22-15-21(23(28)16-24(22)29)26-32-8-6-19(34-26)14-18-5-7-31-25(33-18)13-17-1-3-20(4-2-17)35-11-9-30-10-12-35/h1-8,15-16,30H,9-14H2. The number of hydrogen-bond donors (Lipinski definition) is 1. The molecule has 9 heteroatoms. The highest BCUT2D eigenvalue weighted by molar-refractivity contribution is 6.31. The number of nitrogens with zero attached hydrogens (tertiary/aromatic N) is 5. The maximum atomic E-state index is 14.3. The van der Waals surface area contributed by atoms with Gasteiger partial charge in [-0.2, -0.15) is 0 Å². The minimum atomic E-state index is -0.823. The highest BCUT2D eigenvalue weighted by Gasteiger charge is 2.14. The third-order valence-electron chi connectivity index (χ3n) is 5.87. The molecule has 0 radical (unpaired) electrons. The van der Waals surface area contributed by atoms with Gasteiger partial charge in [0.2, 0.25) is 0 Å². The second-order valence-electron chi connectivity index (χ2n) is 8.34. The van der Waals surface area contributed by atoms with E-state index in [1.807, 2.05) is 6.07 Å². The van der Waals surface area contributed by atoms with Crippen molar-refractivity contribution >= 4 is 17.3 Å². The molecule has 1 N–H and O–H groups in total. The molecule has 2 aromatic carbocycles. The summed E-state index contributed by atoms with van der Waals surface area (Å²) in [4.78, 5) is 20.0. The second kappa shape index (κ2) is 10.4. The molecule has 0 aliphatic carbocycles. The smallest absolute Gasteiger partial charge is 0.162 e. The molecular weight excluding hydrogens is 470 g/mol. The molecule has 2 aromatic heterocycles. The Bertz CT molecular complexity index is 1330. The van der Waals surface area contributed by atoms with Gasteiger partial charge in [-0.25, -0.2) is 28.7 Å². The van der Waals surface area contributed by atoms with Crippen molar-refractivity contribution in [3.05, 3.63) is 100 Å². The van der Waals surface area contributed by atoms with Gasteiger partial charge in [0.15, 0.2) is 5.82 Å². The molecule has 5 rings (SSSR count). The first-order chi connectivity index (χ1) is 17.0. The SMILES string of the molecule is Fc1cc(F)c(-c2nccc(Cc3ccnc(Cc4ccc(N5CCNCC5)cc4)n3)n2)cc1Cl. The normalized spacial score (nSPS) is 13.7. The van der Waals surface area contributed by atoms with Gasteiger partial charge in [0.25, 0.3) is 0 Å². The van der Waals surface area contributed by atoms with Crippen LogP contribution in [0.15, 0.2) is 60.9 Å². The molecule has 1 aliphatic rings. The zero-order valence-electron chi connectivity index (χ0n) is 18.9. The maximum absolute atomic E-state index is 14.3. The van der Waals surface area contributed by atoms with Gasteiger partial charge in [0, 0.05) is 63.2 Å². The maximum Gasteiger partial charge on any atom is 0.162 e. The van der Waals surface area contributed by atoms with Crippen LogP contribution in [-0.4, -0.2) is 46.1 Å². The average molecular weight is 493 g/mol. The van der Waals surface area contributed by atoms with Crippen LogP contribution in [0, 0.1) is 11.6 Å². The van der Waals surface area contributed by atoms with Crippen LogP contribution >= 0.6 is 11.6 Å². The van der Waals surface area contributed by atoms with Gasteiger partial charge in [0.05, 0.1) is 22.0 Å². The molecule has 4 aromatic rings. The Morgan fingerprint density at radius 1 is 0.829 bits per heavy atom. The number of nitrogens with one attached hydrogen (secondary N) is 1. The van der Waals surface area contributed by atoms with Crippen molar-refractivity contribution in [2.45, 2.75) is 12.8 Å². The van der Waals surface area contributed by atoms with Crippen molar-refractivity contribution in [1.29, 1.82) is 0 Å². The van der Waals surface area contributed by atoms with Crippen LogP contribution in [0.4, 0.5) is 14.5 Å². The molecule has 178 valence electrons. The summed E-state index contributed by atoms with van der Waals surface area (Å²) in [7, 11) is 0. The predicted octanol–water partition coefficient (Wildman–Crippen LogP) is 4.46. The summed E-state index contributed by atoms with van der Waals surface area (Å²) in [5.41, 5.74) is 3.85. The quantitative estimate of drug-likeness (QED) is 0.401. The summed E-state index contributed by atoms with van der Waals surface area (Å²) < 4.78 is 27.8. The van der Waals surface area contributed by atoms with Crippen LogP contribution in [0.1, 0.15) is 22.8 Å². The Morgan fingerprint density at radius 3 is 2.31 bits per heavy atom. The highest BCUT2D eigenvalue weighted by atomic mass is 35.5. The zero-order valence-corrected chi connectivity index (χ0v) is 19.6. The third-order valence-corrected chi connectivity index (χ3v) is 6.16. The fourth-order valence-electron chi connectivity index (χ4n) is 4.06. The summed E-state index contributed by atoms with van der Waals surface area (Å²) >= 11 is 5.82. The Morgan fingerprint density at radius 2 is 1.54 bits per heavy atom. The van der Waals surface area contributed by atoms with Crippen LogP contribution in [0.2, 0.25) is 5.02 Å². The van der Waals surface area contributed by atoms with Gasteiger partial charge in [-0.1, -0.05) is 23.7 Å². The van der Waals surface area contributed by atoms with Gasteiger partial charge in [0.1, 0.15) is 17.5 Å². The van der Waals surface area contributed by atoms with Crippen molar-refractivity contribution in [2.24, 2.45) is 0 Å². The minimum Gasteiger partial charge on any atom is -0.369 e. The fourth-order valence-corrected chi connectivity index (χ4v) is 4.22. The van der Waals surface area contributed by atoms with Gasteiger partial charge in [-0.05, 0) is 35.9 Å². The Balaban J connectivity index is 1.29. The molecule has 1 aliphatic heterocycles. The number of piperazine rings is 1. The minimum absolute atomic E-state index is 0.0471. The van der Waals surface area contributed by atoms with Crippen LogP contribution in [-0.2, 0) is 12.8 Å². The van der Waals surface area contributed by atoms with Gasteiger partial charge < -0.3 is 10.2 Å². The largest absolute Gasteiger partial charge is 0.369 e. The van der Waals surface area contributed by atoms with Crippen molar-refractivity contribution < 1.29 is 8.78 Å². The summed E-state index contributed by atoms with van der Waals surface area (Å²) in [5, 5.41) is 3.18. The Hall–Kier alpha value is -3.49. The van der Waals surface area contributed by atoms with E-state index in [1.54, 1.807) is 12.3 Å². The first-order valence-corrected chi connectivity index (χ1v) is 11.8. The zero-order chi connectivity index (χ0) is 24.2. The van der Waals surface area contributed by atoms with Crippen molar-refractivity contribution in [1.82, 2.24) is 25.3 Å². The molecule has 0 amide bonds. The van der Waals surface area contributed by atoms with Crippen LogP contribution in [0.5, 0.6) is 0 Å². The van der Waals surface area contributed by atoms with Crippen LogP contribution in [0.25, 0.3) is 11.4 Å². The van der Waals surface area contributed by atoms with Crippen molar-refractivity contribution in [3.63, 3.8) is 0 Å². The first kappa shape index (κ1) is 23.3. The van der Waals surface area contributed by atoms with E-state index in [0.717, 1.165) is 43.5 Å². The average Bonchev–Trinajstić information content (AvgIpc) is 2.88. The van der Waals surface area contributed by atoms with E-state index in [9.17, 15) is 8.78 Å². The molecule has 0 spiro atoms. The number of benzene rings is 2. The lowest BCUT2D eigenvalue weighted by Gasteiger charge is -2.29. The van der Waals surface area contributed by atoms with E-state index in [-0.39, 0.29) is 16.4 Å². The molecule has 0 saturated carbocycles. The molecule has 1 saturated heterocycles. The lowest BCUT2D eigenvalue weighted by Crippen LogP contribution is -2.43. The summed E-state index contributed by atoms with van der Waals surface area (Å²) in [6.07, 6.45) is 4.30. The van der Waals surface area contributed by atoms with E-state index >= 15 is 0 Å². The van der Waals surface area contributed by atoms with Gasteiger partial charge in [-0.15, -0.1) is 0 Å². The summed E-state index contributed by atoms with van der Waals surface area (Å²) in [6.45, 7) is 4.03. The molecule has 0 atom stereocenters. The topological polar surface area (TPSA) is 66.8 Å². The van der Waals surface area contributed by atoms with E-state index in [4.69, 9.17) is 11.6 Å². The molecule has 35 heavy (non-hydrogen) atoms. The molecule has 3 heterocycles. The predicted molar refractivity (Wildman–Crippen MR) is 132 cm³/mol. The first-order valence-electron chi connectivity index (χ1n) is 11.4. The number of halogens is 3. The molecule has 6 nitrogen and oxygen atoms in total. The fraction of sp³-hybridized carbons (Fsp3) is 0.231. The van der Waals surface area contributed by atoms with Gasteiger partial charge in [-0.3, -0.25) is 0 Å². The summed E-state index contributed by atoms with van der Waals surface area (Å²) in [5.74, 6) is -0.740. The number of rotatable bonds is 6. The number of anilines is 1. The van der Waals surface area contributed by atoms with Crippen LogP contribution in [0.3, 0.4) is 0 Å².